The summed E-state index contributed by atoms with van der Waals surface area (Å²) in [5, 5.41) is 9.41. The average molecular weight is 305 g/mol. The van der Waals surface area contributed by atoms with Crippen molar-refractivity contribution in [1.82, 2.24) is 0 Å². The number of carbonyl (C=O) groups is 1. The number of hydrogen-bond donors (Lipinski definition) is 2. The minimum Gasteiger partial charge on any atom is -0.478 e. The molecule has 2 rings (SSSR count). The van der Waals surface area contributed by atoms with Crippen molar-refractivity contribution < 1.29 is 18.3 Å². The number of nitrogens with two attached hydrogens (primary N) is 1. The summed E-state index contributed by atoms with van der Waals surface area (Å²) in [6.45, 7) is 0.457. The lowest BCUT2D eigenvalue weighted by atomic mass is 10.1. The summed E-state index contributed by atoms with van der Waals surface area (Å²) in [5.41, 5.74) is 6.16. The van der Waals surface area contributed by atoms with Crippen LogP contribution in [0.4, 0.5) is 11.4 Å². The van der Waals surface area contributed by atoms with Crippen LogP contribution in [-0.2, 0) is 9.84 Å². The van der Waals surface area contributed by atoms with Gasteiger partial charge in [0.2, 0.25) is 0 Å². The molecule has 0 radical (unpaired) electrons. The Hall–Kier alpha value is -1.47. The summed E-state index contributed by atoms with van der Waals surface area (Å²) in [7, 11) is -3.03. The van der Waals surface area contributed by atoms with E-state index in [9.17, 15) is 18.3 Å². The van der Waals surface area contributed by atoms with Gasteiger partial charge in [-0.2, -0.15) is 0 Å². The predicted molar refractivity (Wildman–Crippen MR) is 73.7 cm³/mol. The quantitative estimate of drug-likeness (QED) is 0.786. The molecule has 3 N–H and O–H groups in total. The first kappa shape index (κ1) is 14.0. The highest BCUT2D eigenvalue weighted by atomic mass is 35.5. The van der Waals surface area contributed by atoms with Gasteiger partial charge in [-0.3, -0.25) is 0 Å². The zero-order valence-corrected chi connectivity index (χ0v) is 11.5. The minimum atomic E-state index is -3.03. The van der Waals surface area contributed by atoms with E-state index in [0.717, 1.165) is 0 Å². The van der Waals surface area contributed by atoms with Gasteiger partial charge in [-0.15, -0.1) is 0 Å². The number of hydrogen-bond acceptors (Lipinski definition) is 5. The molecular formula is C11H13ClN2O4S. The van der Waals surface area contributed by atoms with Gasteiger partial charge in [0, 0.05) is 18.8 Å². The van der Waals surface area contributed by atoms with Crippen LogP contribution in [0.2, 0.25) is 5.02 Å². The fourth-order valence-corrected chi connectivity index (χ4v) is 3.59. The van der Waals surface area contributed by atoms with Crippen LogP contribution in [0.3, 0.4) is 0 Å². The SMILES string of the molecule is Nc1cc(Cl)c(N2CCS(=O)(=O)CC2)c(C(=O)O)c1. The Morgan fingerprint density at radius 2 is 1.89 bits per heavy atom. The fourth-order valence-electron chi connectivity index (χ4n) is 2.04. The van der Waals surface area contributed by atoms with Crippen molar-refractivity contribution in [2.75, 3.05) is 35.2 Å². The molecular weight excluding hydrogens is 292 g/mol. The van der Waals surface area contributed by atoms with Gasteiger partial charge in [-0.25, -0.2) is 13.2 Å². The van der Waals surface area contributed by atoms with E-state index in [1.54, 1.807) is 4.90 Å². The largest absolute Gasteiger partial charge is 0.478 e. The number of halogens is 1. The summed E-state index contributed by atoms with van der Waals surface area (Å²) < 4.78 is 22.8. The lowest BCUT2D eigenvalue weighted by molar-refractivity contribution is 0.0697. The van der Waals surface area contributed by atoms with E-state index in [4.69, 9.17) is 17.3 Å². The number of benzene rings is 1. The summed E-state index contributed by atoms with van der Waals surface area (Å²) in [5.74, 6) is -1.16. The molecule has 1 aliphatic heterocycles. The van der Waals surface area contributed by atoms with Crippen LogP contribution in [-0.4, -0.2) is 44.1 Å². The van der Waals surface area contributed by atoms with E-state index in [0.29, 0.717) is 5.69 Å². The summed E-state index contributed by atoms with van der Waals surface area (Å²) in [6, 6.07) is 2.79. The number of nitrogen functional groups attached to an aromatic ring is 1. The number of sulfone groups is 1. The van der Waals surface area contributed by atoms with Crippen molar-refractivity contribution in [2.45, 2.75) is 0 Å². The second-order valence-electron chi connectivity index (χ2n) is 4.34. The van der Waals surface area contributed by atoms with E-state index < -0.39 is 15.8 Å². The predicted octanol–water partition coefficient (Wildman–Crippen LogP) is 0.855. The van der Waals surface area contributed by atoms with E-state index in [2.05, 4.69) is 0 Å². The zero-order valence-electron chi connectivity index (χ0n) is 9.97. The number of aromatic carboxylic acids is 1. The van der Waals surface area contributed by atoms with Gasteiger partial charge in [0.05, 0.1) is 27.8 Å². The molecule has 1 aliphatic rings. The van der Waals surface area contributed by atoms with E-state index in [-0.39, 0.29) is 40.9 Å². The van der Waals surface area contributed by atoms with Crippen LogP contribution in [0.15, 0.2) is 12.1 Å². The van der Waals surface area contributed by atoms with Crippen molar-refractivity contribution in [3.8, 4) is 0 Å². The lowest BCUT2D eigenvalue weighted by Gasteiger charge is -2.30. The highest BCUT2D eigenvalue weighted by Gasteiger charge is 2.26. The van der Waals surface area contributed by atoms with Crippen LogP contribution in [0, 0.1) is 0 Å². The molecule has 0 spiro atoms. The summed E-state index contributed by atoms with van der Waals surface area (Å²) in [6.07, 6.45) is 0. The number of nitrogens with zero attached hydrogens (tertiary/aromatic N) is 1. The maximum Gasteiger partial charge on any atom is 0.337 e. The van der Waals surface area contributed by atoms with Gasteiger partial charge in [-0.05, 0) is 12.1 Å². The molecule has 1 heterocycles. The van der Waals surface area contributed by atoms with Gasteiger partial charge in [0.25, 0.3) is 0 Å². The van der Waals surface area contributed by atoms with Crippen LogP contribution >= 0.6 is 11.6 Å². The summed E-state index contributed by atoms with van der Waals surface area (Å²) >= 11 is 6.05. The van der Waals surface area contributed by atoms with Crippen LogP contribution in [0.25, 0.3) is 0 Å². The Morgan fingerprint density at radius 1 is 1.32 bits per heavy atom. The van der Waals surface area contributed by atoms with Crippen molar-refractivity contribution in [3.05, 3.63) is 22.7 Å². The van der Waals surface area contributed by atoms with Crippen LogP contribution in [0.1, 0.15) is 10.4 Å². The molecule has 1 saturated heterocycles. The smallest absolute Gasteiger partial charge is 0.337 e. The Kier molecular flexibility index (Phi) is 3.60. The van der Waals surface area contributed by atoms with Crippen molar-refractivity contribution in [2.24, 2.45) is 0 Å². The molecule has 0 atom stereocenters. The molecule has 0 bridgehead atoms. The monoisotopic (exact) mass is 304 g/mol. The maximum absolute atomic E-state index is 11.4. The van der Waals surface area contributed by atoms with Gasteiger partial charge >= 0.3 is 5.97 Å². The van der Waals surface area contributed by atoms with Crippen molar-refractivity contribution in [3.63, 3.8) is 0 Å². The Bertz CT molecular complexity index is 616. The van der Waals surface area contributed by atoms with Crippen molar-refractivity contribution >= 4 is 38.8 Å². The molecule has 8 heteroatoms. The molecule has 1 aromatic rings. The molecule has 0 amide bonds. The second-order valence-corrected chi connectivity index (χ2v) is 7.05. The molecule has 0 unspecified atom stereocenters. The third kappa shape index (κ3) is 2.93. The highest BCUT2D eigenvalue weighted by molar-refractivity contribution is 7.91. The number of carboxylic acid groups (broad SMARTS) is 1. The van der Waals surface area contributed by atoms with Crippen molar-refractivity contribution in [1.29, 1.82) is 0 Å². The van der Waals surface area contributed by atoms with Gasteiger partial charge < -0.3 is 15.7 Å². The third-order valence-electron chi connectivity index (χ3n) is 2.98. The molecule has 19 heavy (non-hydrogen) atoms. The first-order valence-corrected chi connectivity index (χ1v) is 7.78. The van der Waals surface area contributed by atoms with Gasteiger partial charge in [-0.1, -0.05) is 11.6 Å². The minimum absolute atomic E-state index is 0.00718. The Morgan fingerprint density at radius 3 is 2.42 bits per heavy atom. The van der Waals surface area contributed by atoms with Gasteiger partial charge in [0.1, 0.15) is 0 Å². The second kappa shape index (κ2) is 4.90. The Balaban J connectivity index is 2.42. The molecule has 1 aromatic carbocycles. The lowest BCUT2D eigenvalue weighted by Crippen LogP contribution is -2.41. The number of carboxylic acids is 1. The van der Waals surface area contributed by atoms with E-state index in [1.165, 1.54) is 12.1 Å². The Labute approximate surface area is 115 Å². The first-order valence-electron chi connectivity index (χ1n) is 5.58. The van der Waals surface area contributed by atoms with Crippen LogP contribution in [0.5, 0.6) is 0 Å². The molecule has 0 saturated carbocycles. The third-order valence-corrected chi connectivity index (χ3v) is 4.87. The number of anilines is 2. The summed E-state index contributed by atoms with van der Waals surface area (Å²) in [4.78, 5) is 12.9. The standard InChI is InChI=1S/C11H13ClN2O4S/c12-9-6-7(13)5-8(11(15)16)10(9)14-1-3-19(17,18)4-2-14/h5-6H,1-4,13H2,(H,15,16). The molecule has 6 nitrogen and oxygen atoms in total. The normalized spacial score (nSPS) is 18.3. The zero-order chi connectivity index (χ0) is 14.2. The van der Waals surface area contributed by atoms with Gasteiger partial charge in [0.15, 0.2) is 9.84 Å². The molecule has 1 fully saturated rings. The molecule has 0 aromatic heterocycles. The average Bonchev–Trinajstić information content (AvgIpc) is 2.29. The maximum atomic E-state index is 11.4. The topological polar surface area (TPSA) is 101 Å². The number of rotatable bonds is 2. The first-order chi connectivity index (χ1) is 8.80. The molecule has 0 aliphatic carbocycles. The van der Waals surface area contributed by atoms with E-state index in [1.807, 2.05) is 0 Å². The molecule has 104 valence electrons. The van der Waals surface area contributed by atoms with E-state index >= 15 is 0 Å². The highest BCUT2D eigenvalue weighted by Crippen LogP contribution is 2.33. The fraction of sp³-hybridized carbons (Fsp3) is 0.364. The van der Waals surface area contributed by atoms with Crippen LogP contribution < -0.4 is 10.6 Å².